The van der Waals surface area contributed by atoms with E-state index in [1.54, 1.807) is 24.1 Å². The second-order valence-electron chi connectivity index (χ2n) is 3.83. The van der Waals surface area contributed by atoms with Gasteiger partial charge in [-0.15, -0.1) is 0 Å². The summed E-state index contributed by atoms with van der Waals surface area (Å²) >= 11 is 3.30. The Balaban J connectivity index is 2.53. The maximum absolute atomic E-state index is 13.2. The molecule has 18 heavy (non-hydrogen) atoms. The molecule has 0 aromatic heterocycles. The summed E-state index contributed by atoms with van der Waals surface area (Å²) in [6.07, 6.45) is 3.39. The van der Waals surface area contributed by atoms with Crippen LogP contribution < -0.4 is 0 Å². The van der Waals surface area contributed by atoms with Gasteiger partial charge >= 0.3 is 0 Å². The van der Waals surface area contributed by atoms with Crippen molar-refractivity contribution >= 4 is 21.6 Å². The number of hydrogen-bond donors (Lipinski definition) is 0. The second kappa shape index (κ2) is 4.65. The Labute approximate surface area is 111 Å². The van der Waals surface area contributed by atoms with Crippen molar-refractivity contribution in [2.75, 3.05) is 7.05 Å². The lowest BCUT2D eigenvalue weighted by atomic mass is 10.1. The van der Waals surface area contributed by atoms with Gasteiger partial charge in [-0.2, -0.15) is 0 Å². The molecule has 2 rings (SSSR count). The summed E-state index contributed by atoms with van der Waals surface area (Å²) in [5.41, 5.74) is 1.45. The third-order valence-corrected chi connectivity index (χ3v) is 3.43. The summed E-state index contributed by atoms with van der Waals surface area (Å²) in [6.45, 7) is 3.82. The molecule has 1 nitrogen and oxygen atoms in total. The Hall–Kier alpha value is -1.49. The van der Waals surface area contributed by atoms with Gasteiger partial charge in [0.15, 0.2) is 17.5 Å². The summed E-state index contributed by atoms with van der Waals surface area (Å²) in [4.78, 5) is 1.66. The molecule has 0 radical (unpaired) electrons. The average Bonchev–Trinajstić information content (AvgIpc) is 2.33. The molecule has 0 unspecified atom stereocenters. The van der Waals surface area contributed by atoms with Crippen molar-refractivity contribution < 1.29 is 13.2 Å². The van der Waals surface area contributed by atoms with Crippen molar-refractivity contribution in [2.24, 2.45) is 0 Å². The first-order valence-electron chi connectivity index (χ1n) is 5.07. The van der Waals surface area contributed by atoms with Crippen LogP contribution in [0.5, 0.6) is 0 Å². The highest BCUT2D eigenvalue weighted by Gasteiger charge is 2.19. The number of rotatable bonds is 1. The molecule has 0 fully saturated rings. The van der Waals surface area contributed by atoms with Crippen LogP contribution in [0.15, 0.2) is 41.0 Å². The van der Waals surface area contributed by atoms with Crippen LogP contribution in [-0.4, -0.2) is 11.9 Å². The van der Waals surface area contributed by atoms with E-state index in [0.717, 1.165) is 16.6 Å². The van der Waals surface area contributed by atoms with Crippen molar-refractivity contribution in [1.82, 2.24) is 4.90 Å². The van der Waals surface area contributed by atoms with Crippen LogP contribution >= 0.6 is 15.9 Å². The van der Waals surface area contributed by atoms with E-state index in [1.807, 2.05) is 0 Å². The molecule has 1 aliphatic rings. The zero-order chi connectivity index (χ0) is 13.4. The standard InChI is InChI=1S/C13H9BrF3N/c1-7-9(14)3-4-12(18(7)2)8-5-10(15)13(17)11(16)6-8/h3-6H,1H2,2H3. The topological polar surface area (TPSA) is 3.24 Å². The number of benzene rings is 1. The molecule has 0 amide bonds. The van der Waals surface area contributed by atoms with Crippen LogP contribution in [-0.2, 0) is 0 Å². The average molecular weight is 316 g/mol. The molecule has 1 aromatic carbocycles. The lowest BCUT2D eigenvalue weighted by Gasteiger charge is -2.27. The van der Waals surface area contributed by atoms with Gasteiger partial charge in [-0.3, -0.25) is 0 Å². The zero-order valence-electron chi connectivity index (χ0n) is 9.48. The fourth-order valence-corrected chi connectivity index (χ4v) is 2.06. The van der Waals surface area contributed by atoms with Crippen molar-refractivity contribution in [1.29, 1.82) is 0 Å². The van der Waals surface area contributed by atoms with Gasteiger partial charge in [-0.1, -0.05) is 6.58 Å². The maximum Gasteiger partial charge on any atom is 0.194 e. The predicted molar refractivity (Wildman–Crippen MR) is 68.2 cm³/mol. The first-order chi connectivity index (χ1) is 8.41. The summed E-state index contributed by atoms with van der Waals surface area (Å²) in [7, 11) is 1.71. The fourth-order valence-electron chi connectivity index (χ4n) is 1.66. The highest BCUT2D eigenvalue weighted by atomic mass is 79.9. The Morgan fingerprint density at radius 1 is 1.11 bits per heavy atom. The largest absolute Gasteiger partial charge is 0.344 e. The normalized spacial score (nSPS) is 15.6. The van der Waals surface area contributed by atoms with E-state index in [-0.39, 0.29) is 5.56 Å². The SMILES string of the molecule is C=C1C(Br)=CC=C(c2cc(F)c(F)c(F)c2)N1C. The van der Waals surface area contributed by atoms with Crippen molar-refractivity contribution in [2.45, 2.75) is 0 Å². The minimum Gasteiger partial charge on any atom is -0.344 e. The third-order valence-electron chi connectivity index (χ3n) is 2.71. The number of allylic oxidation sites excluding steroid dienone is 3. The van der Waals surface area contributed by atoms with Crippen molar-refractivity contribution in [3.05, 3.63) is 64.1 Å². The Morgan fingerprint density at radius 2 is 1.67 bits per heavy atom. The summed E-state index contributed by atoms with van der Waals surface area (Å²) < 4.78 is 40.0. The molecule has 0 saturated carbocycles. The minimum absolute atomic E-state index is 0.256. The van der Waals surface area contributed by atoms with Crippen LogP contribution in [0.1, 0.15) is 5.56 Å². The molecule has 0 aliphatic carbocycles. The van der Waals surface area contributed by atoms with Gasteiger partial charge in [0, 0.05) is 28.5 Å². The van der Waals surface area contributed by atoms with E-state index in [0.29, 0.717) is 11.4 Å². The van der Waals surface area contributed by atoms with Crippen LogP contribution in [0.2, 0.25) is 0 Å². The van der Waals surface area contributed by atoms with Gasteiger partial charge in [0.2, 0.25) is 0 Å². The van der Waals surface area contributed by atoms with Crippen LogP contribution in [0, 0.1) is 17.5 Å². The summed E-state index contributed by atoms with van der Waals surface area (Å²) in [5.74, 6) is -3.88. The van der Waals surface area contributed by atoms with Gasteiger partial charge in [0.25, 0.3) is 0 Å². The molecular weight excluding hydrogens is 307 g/mol. The molecule has 1 aromatic rings. The molecular formula is C13H9BrF3N. The highest BCUT2D eigenvalue weighted by molar-refractivity contribution is 9.12. The zero-order valence-corrected chi connectivity index (χ0v) is 11.1. The lowest BCUT2D eigenvalue weighted by Crippen LogP contribution is -2.18. The van der Waals surface area contributed by atoms with Crippen LogP contribution in [0.25, 0.3) is 5.70 Å². The van der Waals surface area contributed by atoms with E-state index >= 15 is 0 Å². The quantitative estimate of drug-likeness (QED) is 0.703. The molecule has 0 atom stereocenters. The van der Waals surface area contributed by atoms with Gasteiger partial charge in [-0.05, 0) is 40.2 Å². The van der Waals surface area contributed by atoms with Crippen LogP contribution in [0.4, 0.5) is 13.2 Å². The predicted octanol–water partition coefficient (Wildman–Crippen LogP) is 4.18. The minimum atomic E-state index is -1.46. The van der Waals surface area contributed by atoms with Crippen molar-refractivity contribution in [3.8, 4) is 0 Å². The van der Waals surface area contributed by atoms with E-state index in [1.165, 1.54) is 0 Å². The molecule has 0 spiro atoms. The van der Waals surface area contributed by atoms with E-state index in [4.69, 9.17) is 0 Å². The molecule has 1 heterocycles. The first-order valence-corrected chi connectivity index (χ1v) is 5.86. The van der Waals surface area contributed by atoms with Crippen LogP contribution in [0.3, 0.4) is 0 Å². The number of nitrogens with zero attached hydrogens (tertiary/aromatic N) is 1. The maximum atomic E-state index is 13.2. The lowest BCUT2D eigenvalue weighted by molar-refractivity contribution is 0.446. The third kappa shape index (κ3) is 2.10. The second-order valence-corrected chi connectivity index (χ2v) is 4.68. The Kier molecular flexibility index (Phi) is 3.34. The number of hydrogen-bond acceptors (Lipinski definition) is 1. The highest BCUT2D eigenvalue weighted by Crippen LogP contribution is 2.32. The van der Waals surface area contributed by atoms with Gasteiger partial charge in [0.05, 0.1) is 0 Å². The fraction of sp³-hybridized carbons (Fsp3) is 0.0769. The molecule has 0 saturated heterocycles. The number of halogens is 4. The number of likely N-dealkylation sites (N-methyl/N-ethyl adjacent to an activating group) is 1. The van der Waals surface area contributed by atoms with Gasteiger partial charge in [-0.25, -0.2) is 13.2 Å². The van der Waals surface area contributed by atoms with E-state index in [9.17, 15) is 13.2 Å². The van der Waals surface area contributed by atoms with E-state index in [2.05, 4.69) is 22.5 Å². The molecule has 0 bridgehead atoms. The van der Waals surface area contributed by atoms with E-state index < -0.39 is 17.5 Å². The molecule has 0 N–H and O–H groups in total. The first kappa shape index (κ1) is 13.0. The smallest absolute Gasteiger partial charge is 0.194 e. The molecule has 5 heteroatoms. The Bertz CT molecular complexity index is 567. The molecule has 1 aliphatic heterocycles. The van der Waals surface area contributed by atoms with Gasteiger partial charge in [0.1, 0.15) is 0 Å². The van der Waals surface area contributed by atoms with Gasteiger partial charge < -0.3 is 4.90 Å². The summed E-state index contributed by atoms with van der Waals surface area (Å²) in [5, 5.41) is 0. The molecule has 94 valence electrons. The summed E-state index contributed by atoms with van der Waals surface area (Å²) in [6, 6.07) is 1.92. The van der Waals surface area contributed by atoms with Crippen molar-refractivity contribution in [3.63, 3.8) is 0 Å². The monoisotopic (exact) mass is 315 g/mol. The Morgan fingerprint density at radius 3 is 2.22 bits per heavy atom.